The molecule has 0 unspecified atom stereocenters. The number of benzene rings is 1. The molecule has 0 N–H and O–H groups in total. The first-order valence-electron chi connectivity index (χ1n) is 8.21. The number of ether oxygens (including phenoxy) is 1. The summed E-state index contributed by atoms with van der Waals surface area (Å²) in [4.78, 5) is 2.74. The van der Waals surface area contributed by atoms with Gasteiger partial charge in [0.15, 0.2) is 0 Å². The molecule has 2 fully saturated rings. The van der Waals surface area contributed by atoms with Gasteiger partial charge in [-0.15, -0.1) is 0 Å². The molecule has 1 saturated carbocycles. The summed E-state index contributed by atoms with van der Waals surface area (Å²) in [6, 6.07) is 11.1. The van der Waals surface area contributed by atoms with Crippen molar-refractivity contribution in [3.05, 3.63) is 35.9 Å². The molecule has 2 atom stereocenters. The van der Waals surface area contributed by atoms with Crippen LogP contribution >= 0.6 is 0 Å². The predicted octanol–water partition coefficient (Wildman–Crippen LogP) is 3.96. The molecule has 20 heavy (non-hydrogen) atoms. The van der Waals surface area contributed by atoms with Crippen LogP contribution < -0.4 is 0 Å². The molecule has 3 rings (SSSR count). The lowest BCUT2D eigenvalue weighted by Crippen LogP contribution is -2.57. The minimum Gasteiger partial charge on any atom is -0.379 e. The Hall–Kier alpha value is -0.860. The first-order valence-corrected chi connectivity index (χ1v) is 8.21. The van der Waals surface area contributed by atoms with Crippen molar-refractivity contribution >= 4 is 0 Å². The lowest BCUT2D eigenvalue weighted by molar-refractivity contribution is -0.0913. The van der Waals surface area contributed by atoms with Crippen molar-refractivity contribution in [2.45, 2.75) is 56.6 Å². The third-order valence-electron chi connectivity index (χ3n) is 5.29. The van der Waals surface area contributed by atoms with E-state index in [0.717, 1.165) is 0 Å². The summed E-state index contributed by atoms with van der Waals surface area (Å²) in [6.45, 7) is 2.46. The molecule has 0 spiro atoms. The van der Waals surface area contributed by atoms with Crippen LogP contribution in [0.2, 0.25) is 0 Å². The Morgan fingerprint density at radius 3 is 2.45 bits per heavy atom. The molecule has 2 aliphatic rings. The predicted molar refractivity (Wildman–Crippen MR) is 82.8 cm³/mol. The van der Waals surface area contributed by atoms with E-state index in [1.54, 1.807) is 0 Å². The summed E-state index contributed by atoms with van der Waals surface area (Å²) >= 11 is 0. The molecule has 2 heteroatoms. The fourth-order valence-electron chi connectivity index (χ4n) is 4.33. The normalized spacial score (nSPS) is 32.1. The molecule has 1 aromatic rings. The van der Waals surface area contributed by atoms with Crippen LogP contribution in [0.4, 0.5) is 0 Å². The van der Waals surface area contributed by atoms with Crippen molar-refractivity contribution in [3.63, 3.8) is 0 Å². The zero-order valence-corrected chi connectivity index (χ0v) is 12.7. The van der Waals surface area contributed by atoms with Gasteiger partial charge in [0.05, 0.1) is 11.6 Å². The summed E-state index contributed by atoms with van der Waals surface area (Å²) in [5.41, 5.74) is 1.59. The second-order valence-corrected chi connectivity index (χ2v) is 6.31. The number of hydrogen-bond donors (Lipinski definition) is 0. The van der Waals surface area contributed by atoms with Crippen LogP contribution in [-0.2, 0) is 10.3 Å². The van der Waals surface area contributed by atoms with Crippen molar-refractivity contribution in [2.24, 2.45) is 0 Å². The number of piperidine rings is 1. The SMILES string of the molecule is CO[C@@H]1CCCC[C@]1(c1ccccc1)N1CCCCC1. The van der Waals surface area contributed by atoms with Crippen LogP contribution in [0.25, 0.3) is 0 Å². The zero-order chi connectivity index (χ0) is 13.8. The monoisotopic (exact) mass is 273 g/mol. The molecular formula is C18H27NO. The van der Waals surface area contributed by atoms with Gasteiger partial charge in [0.25, 0.3) is 0 Å². The molecule has 1 saturated heterocycles. The maximum atomic E-state index is 5.97. The van der Waals surface area contributed by atoms with Gasteiger partial charge in [-0.2, -0.15) is 0 Å². The summed E-state index contributed by atoms with van der Waals surface area (Å²) in [7, 11) is 1.90. The maximum absolute atomic E-state index is 5.97. The molecule has 0 radical (unpaired) electrons. The summed E-state index contributed by atoms with van der Waals surface area (Å²) in [6.07, 6.45) is 9.48. The van der Waals surface area contributed by atoms with Crippen LogP contribution in [0.5, 0.6) is 0 Å². The summed E-state index contributed by atoms with van der Waals surface area (Å²) in [5, 5.41) is 0. The quantitative estimate of drug-likeness (QED) is 0.826. The van der Waals surface area contributed by atoms with Gasteiger partial charge in [-0.05, 0) is 44.3 Å². The number of rotatable bonds is 3. The Kier molecular flexibility index (Phi) is 4.42. The topological polar surface area (TPSA) is 12.5 Å². The summed E-state index contributed by atoms with van der Waals surface area (Å²) < 4.78 is 5.97. The first kappa shape index (κ1) is 14.1. The minimum absolute atomic E-state index is 0.120. The fourth-order valence-corrected chi connectivity index (χ4v) is 4.33. The van der Waals surface area contributed by atoms with Gasteiger partial charge < -0.3 is 4.74 Å². The van der Waals surface area contributed by atoms with Gasteiger partial charge in [-0.1, -0.05) is 49.6 Å². The highest BCUT2D eigenvalue weighted by Gasteiger charge is 2.47. The number of hydrogen-bond acceptors (Lipinski definition) is 2. The number of methoxy groups -OCH3 is 1. The fraction of sp³-hybridized carbons (Fsp3) is 0.667. The third-order valence-corrected chi connectivity index (χ3v) is 5.29. The molecule has 110 valence electrons. The van der Waals surface area contributed by atoms with Gasteiger partial charge >= 0.3 is 0 Å². The molecular weight excluding hydrogens is 246 g/mol. The van der Waals surface area contributed by atoms with Crippen molar-refractivity contribution in [1.29, 1.82) is 0 Å². The van der Waals surface area contributed by atoms with E-state index in [-0.39, 0.29) is 5.54 Å². The third kappa shape index (κ3) is 2.40. The van der Waals surface area contributed by atoms with Crippen LogP contribution in [0.3, 0.4) is 0 Å². The lowest BCUT2D eigenvalue weighted by atomic mass is 9.72. The molecule has 0 bridgehead atoms. The second-order valence-electron chi connectivity index (χ2n) is 6.31. The van der Waals surface area contributed by atoms with E-state index >= 15 is 0 Å². The average Bonchev–Trinajstić information content (AvgIpc) is 2.56. The molecule has 1 heterocycles. The van der Waals surface area contributed by atoms with E-state index in [0.29, 0.717) is 6.10 Å². The van der Waals surface area contributed by atoms with E-state index in [1.807, 2.05) is 7.11 Å². The van der Waals surface area contributed by atoms with E-state index < -0.39 is 0 Å². The molecule has 1 aliphatic carbocycles. The molecule has 2 nitrogen and oxygen atoms in total. The molecule has 0 amide bonds. The van der Waals surface area contributed by atoms with E-state index in [1.165, 1.54) is 63.6 Å². The smallest absolute Gasteiger partial charge is 0.0796 e. The Morgan fingerprint density at radius 1 is 1.00 bits per heavy atom. The number of nitrogens with zero attached hydrogens (tertiary/aromatic N) is 1. The van der Waals surface area contributed by atoms with Gasteiger partial charge in [0.2, 0.25) is 0 Å². The van der Waals surface area contributed by atoms with Crippen molar-refractivity contribution in [3.8, 4) is 0 Å². The van der Waals surface area contributed by atoms with Crippen LogP contribution in [0.1, 0.15) is 50.5 Å². The molecule has 1 aromatic carbocycles. The van der Waals surface area contributed by atoms with Gasteiger partial charge in [0.1, 0.15) is 0 Å². The zero-order valence-electron chi connectivity index (χ0n) is 12.7. The average molecular weight is 273 g/mol. The Balaban J connectivity index is 2.01. The second kappa shape index (κ2) is 6.28. The number of likely N-dealkylation sites (tertiary alicyclic amines) is 1. The van der Waals surface area contributed by atoms with Gasteiger partial charge in [0, 0.05) is 7.11 Å². The highest BCUT2D eigenvalue weighted by molar-refractivity contribution is 5.27. The van der Waals surface area contributed by atoms with Crippen LogP contribution in [0, 0.1) is 0 Å². The maximum Gasteiger partial charge on any atom is 0.0796 e. The van der Waals surface area contributed by atoms with E-state index in [2.05, 4.69) is 35.2 Å². The van der Waals surface area contributed by atoms with Crippen LogP contribution in [0.15, 0.2) is 30.3 Å². The Morgan fingerprint density at radius 2 is 1.75 bits per heavy atom. The largest absolute Gasteiger partial charge is 0.379 e. The van der Waals surface area contributed by atoms with Crippen molar-refractivity contribution in [1.82, 2.24) is 4.90 Å². The molecule has 1 aliphatic heterocycles. The van der Waals surface area contributed by atoms with Gasteiger partial charge in [-0.25, -0.2) is 0 Å². The van der Waals surface area contributed by atoms with E-state index in [4.69, 9.17) is 4.74 Å². The standard InChI is InChI=1S/C18H27NO/c1-20-17-12-6-7-13-18(17,16-10-4-2-5-11-16)19-14-8-3-9-15-19/h2,4-5,10-11,17H,3,6-9,12-15H2,1H3/t17-,18-/m1/s1. The lowest BCUT2D eigenvalue weighted by Gasteiger charge is -2.52. The van der Waals surface area contributed by atoms with Gasteiger partial charge in [-0.3, -0.25) is 4.90 Å². The summed E-state index contributed by atoms with van der Waals surface area (Å²) in [5.74, 6) is 0. The Bertz CT molecular complexity index is 413. The van der Waals surface area contributed by atoms with Crippen LogP contribution in [-0.4, -0.2) is 31.2 Å². The highest BCUT2D eigenvalue weighted by atomic mass is 16.5. The Labute approximate surface area is 123 Å². The van der Waals surface area contributed by atoms with Crippen molar-refractivity contribution in [2.75, 3.05) is 20.2 Å². The van der Waals surface area contributed by atoms with E-state index in [9.17, 15) is 0 Å². The van der Waals surface area contributed by atoms with Crippen molar-refractivity contribution < 1.29 is 4.74 Å². The highest BCUT2D eigenvalue weighted by Crippen LogP contribution is 2.44. The minimum atomic E-state index is 0.120. The molecule has 0 aromatic heterocycles. The first-order chi connectivity index (χ1) is 9.88.